The molecule has 0 aliphatic rings. The standard InChI is InChI=1S/C19H27N3O5/c1-7-11(2)15(21-17(24)27-19(3,4)5)16(23)20-12-8-9-14-13(10-12)22(6)18(25)26-14/h8-11,15H,7H2,1-6H3,(H,20,23)(H,21,24). The summed E-state index contributed by atoms with van der Waals surface area (Å²) in [7, 11) is 1.59. The highest BCUT2D eigenvalue weighted by atomic mass is 16.6. The van der Waals surface area contributed by atoms with Crippen molar-refractivity contribution >= 4 is 28.8 Å². The van der Waals surface area contributed by atoms with E-state index in [-0.39, 0.29) is 11.8 Å². The van der Waals surface area contributed by atoms with E-state index in [1.165, 1.54) is 4.57 Å². The van der Waals surface area contributed by atoms with E-state index in [0.29, 0.717) is 23.2 Å². The van der Waals surface area contributed by atoms with Crippen molar-refractivity contribution in [3.8, 4) is 0 Å². The predicted molar refractivity (Wildman–Crippen MR) is 103 cm³/mol. The minimum atomic E-state index is -0.756. The topological polar surface area (TPSA) is 103 Å². The maximum atomic E-state index is 12.8. The lowest BCUT2D eigenvalue weighted by atomic mass is 9.98. The van der Waals surface area contributed by atoms with Crippen LogP contribution < -0.4 is 16.4 Å². The molecule has 1 aromatic heterocycles. The number of nitrogens with one attached hydrogen (secondary N) is 2. The van der Waals surface area contributed by atoms with Gasteiger partial charge in [-0.25, -0.2) is 9.59 Å². The smallest absolute Gasteiger partial charge is 0.419 e. The van der Waals surface area contributed by atoms with E-state index >= 15 is 0 Å². The molecule has 0 radical (unpaired) electrons. The molecule has 1 heterocycles. The zero-order chi connectivity index (χ0) is 20.4. The number of rotatable bonds is 5. The Morgan fingerprint density at radius 2 is 1.96 bits per heavy atom. The van der Waals surface area contributed by atoms with Crippen LogP contribution in [0.3, 0.4) is 0 Å². The molecule has 0 aliphatic carbocycles. The van der Waals surface area contributed by atoms with Gasteiger partial charge < -0.3 is 19.8 Å². The Hall–Kier alpha value is -2.77. The average molecular weight is 377 g/mol. The number of oxazole rings is 1. The van der Waals surface area contributed by atoms with Crippen LogP contribution in [0.5, 0.6) is 0 Å². The van der Waals surface area contributed by atoms with Gasteiger partial charge in [-0.05, 0) is 44.9 Å². The number of hydrogen-bond donors (Lipinski definition) is 2. The number of amides is 2. The fourth-order valence-electron chi connectivity index (χ4n) is 2.56. The molecule has 2 unspecified atom stereocenters. The second-order valence-corrected chi connectivity index (χ2v) is 7.61. The number of aromatic nitrogens is 1. The average Bonchev–Trinajstić information content (AvgIpc) is 2.85. The van der Waals surface area contributed by atoms with E-state index < -0.39 is 23.5 Å². The number of ether oxygens (including phenoxy) is 1. The summed E-state index contributed by atoms with van der Waals surface area (Å²) in [5.74, 6) is -0.930. The van der Waals surface area contributed by atoms with Crippen LogP contribution in [0.4, 0.5) is 10.5 Å². The summed E-state index contributed by atoms with van der Waals surface area (Å²) >= 11 is 0. The molecule has 0 fully saturated rings. The molecule has 8 nitrogen and oxygen atoms in total. The SMILES string of the molecule is CCC(C)C(NC(=O)OC(C)(C)C)C(=O)Nc1ccc2oc(=O)n(C)c2c1. The van der Waals surface area contributed by atoms with Gasteiger partial charge in [0.2, 0.25) is 5.91 Å². The van der Waals surface area contributed by atoms with Crippen molar-refractivity contribution in [2.24, 2.45) is 13.0 Å². The third kappa shape index (κ3) is 5.12. The highest BCUT2D eigenvalue weighted by molar-refractivity contribution is 5.98. The maximum Gasteiger partial charge on any atom is 0.419 e. The number of alkyl carbamates (subject to hydrolysis) is 1. The van der Waals surface area contributed by atoms with Gasteiger partial charge in [-0.3, -0.25) is 9.36 Å². The molecule has 0 spiro atoms. The third-order valence-electron chi connectivity index (χ3n) is 4.23. The number of nitrogens with zero attached hydrogens (tertiary/aromatic N) is 1. The lowest BCUT2D eigenvalue weighted by Crippen LogP contribution is -2.49. The van der Waals surface area contributed by atoms with Crippen molar-refractivity contribution < 1.29 is 18.7 Å². The van der Waals surface area contributed by atoms with Crippen LogP contribution in [0.15, 0.2) is 27.4 Å². The Morgan fingerprint density at radius 3 is 2.56 bits per heavy atom. The normalized spacial score (nSPS) is 13.9. The number of hydrogen-bond acceptors (Lipinski definition) is 5. The summed E-state index contributed by atoms with van der Waals surface area (Å²) in [6.45, 7) is 9.10. The van der Waals surface area contributed by atoms with Crippen LogP contribution >= 0.6 is 0 Å². The zero-order valence-corrected chi connectivity index (χ0v) is 16.6. The van der Waals surface area contributed by atoms with Gasteiger partial charge >= 0.3 is 11.8 Å². The Balaban J connectivity index is 2.19. The zero-order valence-electron chi connectivity index (χ0n) is 16.6. The van der Waals surface area contributed by atoms with Crippen LogP contribution in [0, 0.1) is 5.92 Å². The van der Waals surface area contributed by atoms with Crippen molar-refractivity contribution in [2.75, 3.05) is 5.32 Å². The van der Waals surface area contributed by atoms with Crippen LogP contribution in [0.2, 0.25) is 0 Å². The molecule has 0 saturated heterocycles. The monoisotopic (exact) mass is 377 g/mol. The second kappa shape index (κ2) is 7.85. The maximum absolute atomic E-state index is 12.8. The van der Waals surface area contributed by atoms with E-state index in [1.54, 1.807) is 46.0 Å². The fraction of sp³-hybridized carbons (Fsp3) is 0.526. The van der Waals surface area contributed by atoms with Crippen molar-refractivity contribution in [2.45, 2.75) is 52.7 Å². The predicted octanol–water partition coefficient (Wildman–Crippen LogP) is 3.01. The molecule has 0 saturated carbocycles. The molecule has 2 rings (SSSR count). The Bertz CT molecular complexity index is 891. The van der Waals surface area contributed by atoms with Crippen LogP contribution in [-0.4, -0.2) is 28.2 Å². The number of fused-ring (bicyclic) bond motifs is 1. The summed E-state index contributed by atoms with van der Waals surface area (Å²) in [6, 6.07) is 4.16. The molecule has 0 bridgehead atoms. The Kier molecular flexibility index (Phi) is 5.98. The van der Waals surface area contributed by atoms with Gasteiger partial charge in [0, 0.05) is 12.7 Å². The first kappa shape index (κ1) is 20.5. The molecule has 2 N–H and O–H groups in total. The van der Waals surface area contributed by atoms with Gasteiger partial charge in [0.25, 0.3) is 0 Å². The number of anilines is 1. The van der Waals surface area contributed by atoms with Gasteiger partial charge in [0.05, 0.1) is 5.52 Å². The Labute approximate surface area is 157 Å². The number of carbonyl (C=O) groups excluding carboxylic acids is 2. The first-order valence-electron chi connectivity index (χ1n) is 8.91. The number of aryl methyl sites for hydroxylation is 1. The molecule has 1 aromatic carbocycles. The van der Waals surface area contributed by atoms with E-state index in [2.05, 4.69) is 10.6 Å². The van der Waals surface area contributed by atoms with Crippen molar-refractivity contribution in [1.29, 1.82) is 0 Å². The summed E-state index contributed by atoms with van der Waals surface area (Å²) in [5, 5.41) is 5.44. The molecule has 2 amide bonds. The summed E-state index contributed by atoms with van der Waals surface area (Å²) < 4.78 is 11.7. The molecule has 2 aromatic rings. The minimum Gasteiger partial charge on any atom is -0.444 e. The Morgan fingerprint density at radius 1 is 1.30 bits per heavy atom. The van der Waals surface area contributed by atoms with Gasteiger partial charge in [-0.15, -0.1) is 0 Å². The molecule has 0 aliphatic heterocycles. The van der Waals surface area contributed by atoms with Gasteiger partial charge in [0.1, 0.15) is 11.6 Å². The summed E-state index contributed by atoms with van der Waals surface area (Å²) in [6.07, 6.45) is 0.0546. The van der Waals surface area contributed by atoms with Crippen LogP contribution in [0.25, 0.3) is 11.1 Å². The highest BCUT2D eigenvalue weighted by Crippen LogP contribution is 2.19. The minimum absolute atomic E-state index is 0.0977. The van der Waals surface area contributed by atoms with Crippen molar-refractivity contribution in [3.63, 3.8) is 0 Å². The first-order chi connectivity index (χ1) is 12.5. The first-order valence-corrected chi connectivity index (χ1v) is 8.91. The van der Waals surface area contributed by atoms with E-state index in [4.69, 9.17) is 9.15 Å². The van der Waals surface area contributed by atoms with Crippen LogP contribution in [-0.2, 0) is 16.6 Å². The lowest BCUT2D eigenvalue weighted by Gasteiger charge is -2.26. The molecule has 148 valence electrons. The molecular weight excluding hydrogens is 350 g/mol. The fourth-order valence-corrected chi connectivity index (χ4v) is 2.56. The highest BCUT2D eigenvalue weighted by Gasteiger charge is 2.28. The number of benzene rings is 1. The largest absolute Gasteiger partial charge is 0.444 e. The van der Waals surface area contributed by atoms with Gasteiger partial charge in [-0.2, -0.15) is 0 Å². The lowest BCUT2D eigenvalue weighted by molar-refractivity contribution is -0.119. The second-order valence-electron chi connectivity index (χ2n) is 7.61. The molecule has 8 heteroatoms. The molecular formula is C19H27N3O5. The van der Waals surface area contributed by atoms with Gasteiger partial charge in [0.15, 0.2) is 5.58 Å². The van der Waals surface area contributed by atoms with Crippen LogP contribution in [0.1, 0.15) is 41.0 Å². The van der Waals surface area contributed by atoms with Crippen molar-refractivity contribution in [3.05, 3.63) is 28.7 Å². The quantitative estimate of drug-likeness (QED) is 0.834. The van der Waals surface area contributed by atoms with Crippen molar-refractivity contribution in [1.82, 2.24) is 9.88 Å². The van der Waals surface area contributed by atoms with Gasteiger partial charge in [-0.1, -0.05) is 20.3 Å². The summed E-state index contributed by atoms with van der Waals surface area (Å²) in [5.41, 5.74) is 0.851. The summed E-state index contributed by atoms with van der Waals surface area (Å²) in [4.78, 5) is 36.5. The molecule has 27 heavy (non-hydrogen) atoms. The molecule has 2 atom stereocenters. The third-order valence-corrected chi connectivity index (χ3v) is 4.23. The van der Waals surface area contributed by atoms with E-state index in [1.807, 2.05) is 13.8 Å². The van der Waals surface area contributed by atoms with E-state index in [0.717, 1.165) is 0 Å². The number of carbonyl (C=O) groups is 2. The van der Waals surface area contributed by atoms with E-state index in [9.17, 15) is 14.4 Å².